The molecule has 0 amide bonds. The number of benzene rings is 1. The SMILES string of the molecule is Cc1ccc(N)c(CN=Cc2nc(OCCc3ccccn3)nc(N3CCOCC3)n2)c1. The van der Waals surface area contributed by atoms with Gasteiger partial charge in [-0.25, -0.2) is 0 Å². The topological polar surface area (TPSA) is 112 Å². The Morgan fingerprint density at radius 1 is 1.16 bits per heavy atom. The first-order valence-electron chi connectivity index (χ1n) is 10.6. The second-order valence-electron chi connectivity index (χ2n) is 7.47. The van der Waals surface area contributed by atoms with Crippen LogP contribution in [0.25, 0.3) is 0 Å². The van der Waals surface area contributed by atoms with Crippen molar-refractivity contribution < 1.29 is 9.47 Å². The van der Waals surface area contributed by atoms with E-state index in [1.54, 1.807) is 12.4 Å². The lowest BCUT2D eigenvalue weighted by atomic mass is 10.1. The van der Waals surface area contributed by atoms with Crippen molar-refractivity contribution in [3.8, 4) is 6.01 Å². The van der Waals surface area contributed by atoms with Crippen molar-refractivity contribution in [3.63, 3.8) is 0 Å². The van der Waals surface area contributed by atoms with Crippen LogP contribution in [0.5, 0.6) is 6.01 Å². The summed E-state index contributed by atoms with van der Waals surface area (Å²) >= 11 is 0. The molecule has 32 heavy (non-hydrogen) atoms. The molecule has 0 saturated carbocycles. The highest BCUT2D eigenvalue weighted by atomic mass is 16.5. The molecular weight excluding hydrogens is 406 g/mol. The van der Waals surface area contributed by atoms with Gasteiger partial charge in [-0.3, -0.25) is 9.98 Å². The Hall–Kier alpha value is -3.59. The summed E-state index contributed by atoms with van der Waals surface area (Å²) in [5.41, 5.74) is 9.84. The van der Waals surface area contributed by atoms with Crippen LogP contribution in [0.2, 0.25) is 0 Å². The Balaban J connectivity index is 1.49. The van der Waals surface area contributed by atoms with Crippen molar-refractivity contribution >= 4 is 17.9 Å². The summed E-state index contributed by atoms with van der Waals surface area (Å²) in [5.74, 6) is 1.01. The average molecular weight is 434 g/mol. The zero-order valence-corrected chi connectivity index (χ0v) is 18.1. The van der Waals surface area contributed by atoms with Crippen LogP contribution in [0.1, 0.15) is 22.6 Å². The molecule has 2 aromatic heterocycles. The lowest BCUT2D eigenvalue weighted by molar-refractivity contribution is 0.122. The summed E-state index contributed by atoms with van der Waals surface area (Å²) in [6, 6.07) is 12.0. The van der Waals surface area contributed by atoms with Gasteiger partial charge in [-0.2, -0.15) is 15.0 Å². The number of ether oxygens (including phenoxy) is 2. The molecule has 0 bridgehead atoms. The van der Waals surface area contributed by atoms with Crippen LogP contribution < -0.4 is 15.4 Å². The Morgan fingerprint density at radius 3 is 2.84 bits per heavy atom. The van der Waals surface area contributed by atoms with E-state index in [9.17, 15) is 0 Å². The fourth-order valence-corrected chi connectivity index (χ4v) is 3.28. The molecule has 0 aliphatic carbocycles. The molecule has 1 aliphatic heterocycles. The number of hydrogen-bond acceptors (Lipinski definition) is 9. The summed E-state index contributed by atoms with van der Waals surface area (Å²) < 4.78 is 11.3. The van der Waals surface area contributed by atoms with E-state index in [0.29, 0.717) is 57.6 Å². The lowest BCUT2D eigenvalue weighted by Gasteiger charge is -2.26. The van der Waals surface area contributed by atoms with E-state index in [1.165, 1.54) is 0 Å². The van der Waals surface area contributed by atoms with Crippen LogP contribution in [0, 0.1) is 6.92 Å². The first-order chi connectivity index (χ1) is 15.7. The summed E-state index contributed by atoms with van der Waals surface area (Å²) in [4.78, 5) is 24.4. The molecule has 1 fully saturated rings. The van der Waals surface area contributed by atoms with Gasteiger partial charge in [-0.05, 0) is 30.7 Å². The highest BCUT2D eigenvalue weighted by Crippen LogP contribution is 2.16. The number of nitrogens with zero attached hydrogens (tertiary/aromatic N) is 6. The molecule has 2 N–H and O–H groups in total. The average Bonchev–Trinajstić information content (AvgIpc) is 2.82. The largest absolute Gasteiger partial charge is 0.463 e. The van der Waals surface area contributed by atoms with Crippen LogP contribution in [0.3, 0.4) is 0 Å². The molecule has 9 heteroatoms. The Bertz CT molecular complexity index is 1050. The zero-order valence-electron chi connectivity index (χ0n) is 18.1. The van der Waals surface area contributed by atoms with E-state index < -0.39 is 0 Å². The highest BCUT2D eigenvalue weighted by Gasteiger charge is 2.17. The summed E-state index contributed by atoms with van der Waals surface area (Å²) in [6.45, 7) is 5.60. The van der Waals surface area contributed by atoms with Crippen molar-refractivity contribution in [1.29, 1.82) is 0 Å². The number of aliphatic imine (C=N–C) groups is 1. The van der Waals surface area contributed by atoms with Gasteiger partial charge in [0.2, 0.25) is 5.95 Å². The van der Waals surface area contributed by atoms with E-state index >= 15 is 0 Å². The third-order valence-corrected chi connectivity index (χ3v) is 5.00. The van der Waals surface area contributed by atoms with Crippen LogP contribution in [0.15, 0.2) is 47.6 Å². The Labute approximate surface area is 187 Å². The monoisotopic (exact) mass is 433 g/mol. The molecule has 0 atom stereocenters. The van der Waals surface area contributed by atoms with Gasteiger partial charge in [0.15, 0.2) is 5.82 Å². The number of rotatable bonds is 8. The van der Waals surface area contributed by atoms with Gasteiger partial charge in [0.25, 0.3) is 0 Å². The smallest absolute Gasteiger partial charge is 0.321 e. The third kappa shape index (κ3) is 5.98. The van der Waals surface area contributed by atoms with E-state index in [0.717, 1.165) is 22.5 Å². The van der Waals surface area contributed by atoms with Crippen LogP contribution in [-0.2, 0) is 17.7 Å². The molecule has 0 unspecified atom stereocenters. The van der Waals surface area contributed by atoms with Crippen molar-refractivity contribution in [1.82, 2.24) is 19.9 Å². The molecule has 0 radical (unpaired) electrons. The predicted molar refractivity (Wildman–Crippen MR) is 123 cm³/mol. The Morgan fingerprint density at radius 2 is 2.03 bits per heavy atom. The van der Waals surface area contributed by atoms with E-state index in [1.807, 2.05) is 43.3 Å². The third-order valence-electron chi connectivity index (χ3n) is 5.00. The molecule has 0 spiro atoms. The second-order valence-corrected chi connectivity index (χ2v) is 7.47. The van der Waals surface area contributed by atoms with Crippen molar-refractivity contribution in [2.75, 3.05) is 43.5 Å². The fourth-order valence-electron chi connectivity index (χ4n) is 3.28. The quantitative estimate of drug-likeness (QED) is 0.425. The van der Waals surface area contributed by atoms with E-state index in [4.69, 9.17) is 15.2 Å². The van der Waals surface area contributed by atoms with Gasteiger partial charge in [0, 0.05) is 37.1 Å². The molecule has 166 valence electrons. The second kappa shape index (κ2) is 10.6. The zero-order chi connectivity index (χ0) is 22.2. The number of anilines is 2. The molecule has 3 aromatic rings. The summed E-state index contributed by atoms with van der Waals surface area (Å²) in [7, 11) is 0. The molecule has 9 nitrogen and oxygen atoms in total. The van der Waals surface area contributed by atoms with Crippen LogP contribution in [-0.4, -0.2) is 59.1 Å². The fraction of sp³-hybridized carbons (Fsp3) is 0.348. The van der Waals surface area contributed by atoms with Gasteiger partial charge in [-0.1, -0.05) is 23.8 Å². The van der Waals surface area contributed by atoms with Crippen LogP contribution >= 0.6 is 0 Å². The number of aryl methyl sites for hydroxylation is 1. The van der Waals surface area contributed by atoms with Crippen molar-refractivity contribution in [3.05, 3.63) is 65.2 Å². The molecule has 1 saturated heterocycles. The molecule has 4 rings (SSSR count). The minimum atomic E-state index is 0.272. The lowest BCUT2D eigenvalue weighted by Crippen LogP contribution is -2.37. The first kappa shape index (κ1) is 21.6. The number of nitrogens with two attached hydrogens (primary N) is 1. The number of aromatic nitrogens is 4. The maximum absolute atomic E-state index is 6.06. The maximum atomic E-state index is 6.06. The summed E-state index contributed by atoms with van der Waals surface area (Å²) in [6.07, 6.45) is 4.07. The standard InChI is InChI=1S/C23H27N7O2/c1-17-5-6-20(24)18(14-17)15-25-16-21-27-22(30-9-12-31-13-10-30)29-23(28-21)32-11-7-19-4-2-3-8-26-19/h2-6,8,14,16H,7,9-13,15,24H2,1H3. The minimum absolute atomic E-state index is 0.272. The number of pyridine rings is 1. The first-order valence-corrected chi connectivity index (χ1v) is 10.6. The number of hydrogen-bond donors (Lipinski definition) is 1. The van der Waals surface area contributed by atoms with E-state index in [2.05, 4.69) is 29.8 Å². The van der Waals surface area contributed by atoms with Crippen LogP contribution in [0.4, 0.5) is 11.6 Å². The number of morpholine rings is 1. The molecule has 1 aromatic carbocycles. The molecule has 1 aliphatic rings. The van der Waals surface area contributed by atoms with Crippen molar-refractivity contribution in [2.45, 2.75) is 19.9 Å². The minimum Gasteiger partial charge on any atom is -0.463 e. The summed E-state index contributed by atoms with van der Waals surface area (Å²) in [5, 5.41) is 0. The van der Waals surface area contributed by atoms with Gasteiger partial charge in [0.1, 0.15) is 0 Å². The highest BCUT2D eigenvalue weighted by molar-refractivity contribution is 5.75. The number of nitrogen functional groups attached to an aromatic ring is 1. The predicted octanol–water partition coefficient (Wildman–Crippen LogP) is 2.23. The molecule has 3 heterocycles. The van der Waals surface area contributed by atoms with Gasteiger partial charge >= 0.3 is 6.01 Å². The van der Waals surface area contributed by atoms with Gasteiger partial charge < -0.3 is 20.1 Å². The maximum Gasteiger partial charge on any atom is 0.321 e. The van der Waals surface area contributed by atoms with Crippen molar-refractivity contribution in [2.24, 2.45) is 4.99 Å². The van der Waals surface area contributed by atoms with Gasteiger partial charge in [0.05, 0.1) is 32.6 Å². The van der Waals surface area contributed by atoms with E-state index in [-0.39, 0.29) is 6.01 Å². The normalized spacial score (nSPS) is 14.1. The van der Waals surface area contributed by atoms with Gasteiger partial charge in [-0.15, -0.1) is 0 Å². The molecular formula is C23H27N7O2. The Kier molecular flexibility index (Phi) is 7.19.